The maximum atomic E-state index is 3.76. The Labute approximate surface area is 118 Å². The molecule has 0 heterocycles. The summed E-state index contributed by atoms with van der Waals surface area (Å²) in [6, 6.07) is 9.42. The molecule has 0 amide bonds. The van der Waals surface area contributed by atoms with Crippen LogP contribution >= 0.6 is 0 Å². The number of hydrogen-bond acceptors (Lipinski definition) is 2. The fraction of sp³-hybridized carbons (Fsp3) is 0.529. The summed E-state index contributed by atoms with van der Waals surface area (Å²) in [7, 11) is 2.15. The first-order valence-corrected chi connectivity index (χ1v) is 7.38. The lowest BCUT2D eigenvalue weighted by Crippen LogP contribution is -2.21. The Morgan fingerprint density at radius 1 is 1.26 bits per heavy atom. The molecule has 0 radical (unpaired) electrons. The van der Waals surface area contributed by atoms with E-state index in [1.165, 1.54) is 11.3 Å². The summed E-state index contributed by atoms with van der Waals surface area (Å²) in [5, 5.41) is 3.51. The Morgan fingerprint density at radius 2 is 1.95 bits per heavy atom. The van der Waals surface area contributed by atoms with E-state index in [1.54, 1.807) is 0 Å². The molecule has 1 rings (SSSR count). The van der Waals surface area contributed by atoms with Gasteiger partial charge in [0.2, 0.25) is 0 Å². The van der Waals surface area contributed by atoms with Crippen molar-refractivity contribution in [3.8, 4) is 0 Å². The number of benzene rings is 1. The minimum Gasteiger partial charge on any atom is -0.375 e. The smallest absolute Gasteiger partial charge is 0.0363 e. The molecular formula is C17H28N2. The zero-order valence-corrected chi connectivity index (χ0v) is 12.7. The van der Waals surface area contributed by atoms with Crippen LogP contribution in [0.3, 0.4) is 0 Å². The third-order valence-corrected chi connectivity index (χ3v) is 3.50. The predicted octanol–water partition coefficient (Wildman–Crippen LogP) is 4.15. The molecule has 19 heavy (non-hydrogen) atoms. The second-order valence-electron chi connectivity index (χ2n) is 4.96. The highest BCUT2D eigenvalue weighted by Crippen LogP contribution is 2.20. The van der Waals surface area contributed by atoms with Crippen LogP contribution in [0, 0.1) is 0 Å². The van der Waals surface area contributed by atoms with Gasteiger partial charge in [0.05, 0.1) is 0 Å². The minimum atomic E-state index is 0.477. The van der Waals surface area contributed by atoms with E-state index < -0.39 is 0 Å². The van der Waals surface area contributed by atoms with E-state index in [0.717, 1.165) is 32.4 Å². The Balaban J connectivity index is 2.61. The number of rotatable bonds is 9. The van der Waals surface area contributed by atoms with Gasteiger partial charge < -0.3 is 10.2 Å². The van der Waals surface area contributed by atoms with Crippen LogP contribution in [0.4, 0.5) is 5.69 Å². The van der Waals surface area contributed by atoms with Crippen LogP contribution < -0.4 is 10.2 Å². The Hall–Kier alpha value is -1.28. The highest BCUT2D eigenvalue weighted by Gasteiger charge is 2.08. The molecule has 1 unspecified atom stereocenters. The normalized spacial score (nSPS) is 12.2. The molecule has 0 spiro atoms. The van der Waals surface area contributed by atoms with Crippen LogP contribution in [-0.2, 0) is 0 Å². The van der Waals surface area contributed by atoms with Gasteiger partial charge in [0, 0.05) is 25.3 Å². The van der Waals surface area contributed by atoms with E-state index in [2.05, 4.69) is 62.0 Å². The van der Waals surface area contributed by atoms with Crippen LogP contribution in [0.2, 0.25) is 0 Å². The first kappa shape index (κ1) is 15.8. The average Bonchev–Trinajstić information content (AvgIpc) is 2.45. The number of hydrogen-bond donors (Lipinski definition) is 1. The molecule has 1 aromatic rings. The molecule has 2 nitrogen and oxygen atoms in total. The third-order valence-electron chi connectivity index (χ3n) is 3.50. The zero-order chi connectivity index (χ0) is 14.1. The van der Waals surface area contributed by atoms with Crippen LogP contribution in [0.25, 0.3) is 0 Å². The first-order chi connectivity index (χ1) is 9.22. The number of nitrogens with one attached hydrogen (secondary N) is 1. The largest absolute Gasteiger partial charge is 0.375 e. The summed E-state index contributed by atoms with van der Waals surface area (Å²) < 4.78 is 0. The first-order valence-electron chi connectivity index (χ1n) is 7.38. The summed E-state index contributed by atoms with van der Waals surface area (Å²) in [4.78, 5) is 2.31. The van der Waals surface area contributed by atoms with Crippen molar-refractivity contribution in [2.75, 3.05) is 25.0 Å². The quantitative estimate of drug-likeness (QED) is 0.530. The van der Waals surface area contributed by atoms with Gasteiger partial charge in [0.25, 0.3) is 0 Å². The van der Waals surface area contributed by atoms with E-state index in [-0.39, 0.29) is 0 Å². The molecule has 0 saturated carbocycles. The molecule has 0 aliphatic carbocycles. The van der Waals surface area contributed by atoms with Gasteiger partial charge in [0.1, 0.15) is 0 Å². The molecule has 0 aliphatic rings. The van der Waals surface area contributed by atoms with Gasteiger partial charge in [-0.2, -0.15) is 0 Å². The van der Waals surface area contributed by atoms with Gasteiger partial charge in [0.15, 0.2) is 0 Å². The molecule has 0 saturated heterocycles. The zero-order valence-electron chi connectivity index (χ0n) is 12.7. The fourth-order valence-electron chi connectivity index (χ4n) is 2.31. The van der Waals surface area contributed by atoms with Crippen molar-refractivity contribution in [3.05, 3.63) is 42.5 Å². The van der Waals surface area contributed by atoms with E-state index in [4.69, 9.17) is 0 Å². The molecule has 0 aromatic heterocycles. The van der Waals surface area contributed by atoms with Crippen molar-refractivity contribution in [3.63, 3.8) is 0 Å². The second kappa shape index (κ2) is 8.76. The van der Waals surface area contributed by atoms with Gasteiger partial charge in [-0.15, -0.1) is 6.58 Å². The van der Waals surface area contributed by atoms with Crippen molar-refractivity contribution >= 4 is 5.69 Å². The number of allylic oxidation sites excluding steroid dienone is 1. The van der Waals surface area contributed by atoms with Gasteiger partial charge in [-0.3, -0.25) is 0 Å². The van der Waals surface area contributed by atoms with Crippen LogP contribution in [0.15, 0.2) is 36.9 Å². The van der Waals surface area contributed by atoms with E-state index in [0.29, 0.717) is 6.04 Å². The third kappa shape index (κ3) is 5.07. The lowest BCUT2D eigenvalue weighted by molar-refractivity contribution is 0.537. The van der Waals surface area contributed by atoms with E-state index in [9.17, 15) is 0 Å². The lowest BCUT2D eigenvalue weighted by atomic mass is 10.0. The van der Waals surface area contributed by atoms with Crippen LogP contribution in [0.5, 0.6) is 0 Å². The van der Waals surface area contributed by atoms with Crippen molar-refractivity contribution in [2.45, 2.75) is 39.2 Å². The molecular weight excluding hydrogens is 232 g/mol. The SMILES string of the molecule is C=CCCCN(C)c1ccc(C(CC)NCC)cc1. The molecule has 106 valence electrons. The Kier molecular flexibility index (Phi) is 7.27. The van der Waals surface area contributed by atoms with E-state index in [1.807, 2.05) is 6.08 Å². The lowest BCUT2D eigenvalue weighted by Gasteiger charge is -2.21. The van der Waals surface area contributed by atoms with Crippen molar-refractivity contribution < 1.29 is 0 Å². The number of nitrogens with zero attached hydrogens (tertiary/aromatic N) is 1. The predicted molar refractivity (Wildman–Crippen MR) is 85.9 cm³/mol. The van der Waals surface area contributed by atoms with Gasteiger partial charge in [-0.05, 0) is 43.5 Å². The molecule has 0 aliphatic heterocycles. The highest BCUT2D eigenvalue weighted by atomic mass is 15.1. The minimum absolute atomic E-state index is 0.477. The standard InChI is InChI=1S/C17H28N2/c1-5-8-9-14-19(4)16-12-10-15(11-13-16)17(6-2)18-7-3/h5,10-13,17-18H,1,6-9,14H2,2-4H3. The monoisotopic (exact) mass is 260 g/mol. The van der Waals surface area contributed by atoms with Crippen LogP contribution in [0.1, 0.15) is 44.7 Å². The summed E-state index contributed by atoms with van der Waals surface area (Å²) in [5.74, 6) is 0. The average molecular weight is 260 g/mol. The van der Waals surface area contributed by atoms with Gasteiger partial charge >= 0.3 is 0 Å². The summed E-state index contributed by atoms with van der Waals surface area (Å²) >= 11 is 0. The summed E-state index contributed by atoms with van der Waals surface area (Å²) in [6.45, 7) is 10.2. The fourth-order valence-corrected chi connectivity index (χ4v) is 2.31. The number of unbranched alkanes of at least 4 members (excludes halogenated alkanes) is 1. The van der Waals surface area contributed by atoms with Gasteiger partial charge in [-0.25, -0.2) is 0 Å². The van der Waals surface area contributed by atoms with Crippen molar-refractivity contribution in [1.82, 2.24) is 5.32 Å². The van der Waals surface area contributed by atoms with E-state index >= 15 is 0 Å². The highest BCUT2D eigenvalue weighted by molar-refractivity contribution is 5.47. The second-order valence-corrected chi connectivity index (χ2v) is 4.96. The van der Waals surface area contributed by atoms with Crippen LogP contribution in [-0.4, -0.2) is 20.1 Å². The topological polar surface area (TPSA) is 15.3 Å². The molecule has 1 atom stereocenters. The van der Waals surface area contributed by atoms with Gasteiger partial charge in [-0.1, -0.05) is 32.1 Å². The number of anilines is 1. The summed E-state index contributed by atoms with van der Waals surface area (Å²) in [5.41, 5.74) is 2.67. The van der Waals surface area contributed by atoms with Crippen molar-refractivity contribution in [2.24, 2.45) is 0 Å². The molecule has 1 N–H and O–H groups in total. The molecule has 1 aromatic carbocycles. The Morgan fingerprint density at radius 3 is 2.47 bits per heavy atom. The Bertz CT molecular complexity index is 356. The maximum absolute atomic E-state index is 3.76. The maximum Gasteiger partial charge on any atom is 0.0363 e. The summed E-state index contributed by atoms with van der Waals surface area (Å²) in [6.07, 6.45) is 5.36. The molecule has 0 bridgehead atoms. The van der Waals surface area contributed by atoms with Crippen molar-refractivity contribution in [1.29, 1.82) is 0 Å². The molecule has 0 fully saturated rings. The molecule has 2 heteroatoms.